The van der Waals surface area contributed by atoms with Crippen molar-refractivity contribution < 1.29 is 14.6 Å². The SMILES string of the molecule is CCC(=O)OOc1ccc2c(c1)CC(N)C2. The van der Waals surface area contributed by atoms with E-state index in [1.807, 2.05) is 12.1 Å². The van der Waals surface area contributed by atoms with Gasteiger partial charge in [-0.2, -0.15) is 0 Å². The second-order valence-corrected chi connectivity index (χ2v) is 3.99. The summed E-state index contributed by atoms with van der Waals surface area (Å²) >= 11 is 0. The Labute approximate surface area is 94.3 Å². The lowest BCUT2D eigenvalue weighted by Crippen LogP contribution is -2.18. The monoisotopic (exact) mass is 221 g/mol. The maximum atomic E-state index is 10.9. The normalized spacial score (nSPS) is 18.0. The topological polar surface area (TPSA) is 61.5 Å². The molecule has 0 radical (unpaired) electrons. The Kier molecular flexibility index (Phi) is 3.10. The van der Waals surface area contributed by atoms with Crippen LogP contribution in [0.2, 0.25) is 0 Å². The number of hydrogen-bond donors (Lipinski definition) is 1. The Morgan fingerprint density at radius 1 is 1.44 bits per heavy atom. The van der Waals surface area contributed by atoms with Gasteiger partial charge in [-0.15, -0.1) is 0 Å². The van der Waals surface area contributed by atoms with Crippen LogP contribution in [0.3, 0.4) is 0 Å². The molecule has 1 aromatic rings. The third kappa shape index (κ3) is 2.33. The van der Waals surface area contributed by atoms with E-state index in [0.717, 1.165) is 12.8 Å². The average Bonchev–Trinajstić information content (AvgIpc) is 2.65. The zero-order valence-electron chi connectivity index (χ0n) is 9.23. The van der Waals surface area contributed by atoms with Crippen molar-refractivity contribution in [1.82, 2.24) is 0 Å². The van der Waals surface area contributed by atoms with Crippen molar-refractivity contribution in [2.45, 2.75) is 32.2 Å². The number of rotatable bonds is 3. The van der Waals surface area contributed by atoms with Crippen molar-refractivity contribution in [3.63, 3.8) is 0 Å². The number of carbonyl (C=O) groups excluding carboxylic acids is 1. The molecule has 0 bridgehead atoms. The quantitative estimate of drug-likeness (QED) is 0.618. The van der Waals surface area contributed by atoms with Gasteiger partial charge >= 0.3 is 5.97 Å². The zero-order valence-corrected chi connectivity index (χ0v) is 9.23. The maximum Gasteiger partial charge on any atom is 0.355 e. The molecule has 0 spiro atoms. The summed E-state index contributed by atoms with van der Waals surface area (Å²) in [5.74, 6) is 0.173. The van der Waals surface area contributed by atoms with Gasteiger partial charge in [0, 0.05) is 12.5 Å². The van der Waals surface area contributed by atoms with Crippen LogP contribution in [0.5, 0.6) is 5.75 Å². The molecule has 1 aliphatic carbocycles. The standard InChI is InChI=1S/C12H15NO3/c1-2-12(14)16-15-11-4-3-8-5-10(13)6-9(8)7-11/h3-4,7,10H,2,5-6,13H2,1H3. The highest BCUT2D eigenvalue weighted by Crippen LogP contribution is 2.25. The summed E-state index contributed by atoms with van der Waals surface area (Å²) in [5, 5.41) is 0. The molecule has 0 heterocycles. The van der Waals surface area contributed by atoms with E-state index < -0.39 is 0 Å². The first-order valence-corrected chi connectivity index (χ1v) is 5.43. The van der Waals surface area contributed by atoms with Crippen LogP contribution in [0.1, 0.15) is 24.5 Å². The third-order valence-corrected chi connectivity index (χ3v) is 2.66. The van der Waals surface area contributed by atoms with E-state index in [1.54, 1.807) is 13.0 Å². The summed E-state index contributed by atoms with van der Waals surface area (Å²) in [6.07, 6.45) is 2.06. The second kappa shape index (κ2) is 4.53. The molecule has 1 unspecified atom stereocenters. The molecule has 1 aliphatic rings. The van der Waals surface area contributed by atoms with E-state index in [4.69, 9.17) is 10.6 Å². The Morgan fingerprint density at radius 2 is 2.19 bits per heavy atom. The first-order valence-electron chi connectivity index (χ1n) is 5.43. The molecule has 1 aromatic carbocycles. The lowest BCUT2D eigenvalue weighted by molar-refractivity contribution is -0.213. The van der Waals surface area contributed by atoms with E-state index in [0.29, 0.717) is 12.2 Å². The van der Waals surface area contributed by atoms with Gasteiger partial charge in [0.1, 0.15) is 0 Å². The molecule has 2 rings (SSSR count). The van der Waals surface area contributed by atoms with Gasteiger partial charge in [0.2, 0.25) is 0 Å². The molecule has 0 saturated carbocycles. The molecular weight excluding hydrogens is 206 g/mol. The molecule has 4 heteroatoms. The molecule has 0 saturated heterocycles. The molecule has 0 amide bonds. The summed E-state index contributed by atoms with van der Waals surface area (Å²) < 4.78 is 0. The van der Waals surface area contributed by atoms with Gasteiger partial charge in [-0.25, -0.2) is 4.79 Å². The van der Waals surface area contributed by atoms with Crippen LogP contribution in [0, 0.1) is 0 Å². The summed E-state index contributed by atoms with van der Waals surface area (Å²) in [7, 11) is 0. The Bertz CT molecular complexity index is 403. The molecule has 0 aliphatic heterocycles. The van der Waals surface area contributed by atoms with Gasteiger partial charge in [0.25, 0.3) is 0 Å². The van der Waals surface area contributed by atoms with Crippen molar-refractivity contribution in [3.8, 4) is 5.75 Å². The number of benzene rings is 1. The van der Waals surface area contributed by atoms with Gasteiger partial charge in [0.15, 0.2) is 5.75 Å². The summed E-state index contributed by atoms with van der Waals surface area (Å²) in [4.78, 5) is 20.4. The highest BCUT2D eigenvalue weighted by Gasteiger charge is 2.18. The molecular formula is C12H15NO3. The van der Waals surface area contributed by atoms with Crippen LogP contribution in [0.15, 0.2) is 18.2 Å². The van der Waals surface area contributed by atoms with E-state index in [2.05, 4.69) is 4.89 Å². The number of carbonyl (C=O) groups is 1. The van der Waals surface area contributed by atoms with Crippen molar-refractivity contribution in [3.05, 3.63) is 29.3 Å². The fourth-order valence-electron chi connectivity index (χ4n) is 1.83. The van der Waals surface area contributed by atoms with E-state index in [1.165, 1.54) is 11.1 Å². The fraction of sp³-hybridized carbons (Fsp3) is 0.417. The Hall–Kier alpha value is -1.55. The molecule has 1 atom stereocenters. The van der Waals surface area contributed by atoms with E-state index >= 15 is 0 Å². The first kappa shape index (κ1) is 11.0. The summed E-state index contributed by atoms with van der Waals surface area (Å²) in [6.45, 7) is 1.72. The lowest BCUT2D eigenvalue weighted by atomic mass is 10.1. The first-order chi connectivity index (χ1) is 7.69. The van der Waals surface area contributed by atoms with Crippen molar-refractivity contribution >= 4 is 5.97 Å². The summed E-state index contributed by atoms with van der Waals surface area (Å²) in [5.41, 5.74) is 8.28. The Morgan fingerprint density at radius 3 is 2.94 bits per heavy atom. The minimum absolute atomic E-state index is 0.198. The minimum atomic E-state index is -0.378. The molecule has 0 aromatic heterocycles. The number of fused-ring (bicyclic) bond motifs is 1. The number of nitrogens with two attached hydrogens (primary N) is 1. The third-order valence-electron chi connectivity index (χ3n) is 2.66. The largest absolute Gasteiger partial charge is 0.355 e. The number of hydrogen-bond acceptors (Lipinski definition) is 4. The van der Waals surface area contributed by atoms with Crippen molar-refractivity contribution in [2.75, 3.05) is 0 Å². The molecule has 0 fully saturated rings. The zero-order chi connectivity index (χ0) is 11.5. The minimum Gasteiger partial charge on any atom is -0.327 e. The molecule has 4 nitrogen and oxygen atoms in total. The summed E-state index contributed by atoms with van der Waals surface area (Å²) in [6, 6.07) is 5.84. The van der Waals surface area contributed by atoms with Gasteiger partial charge in [-0.3, -0.25) is 9.78 Å². The Balaban J connectivity index is 2.02. The highest BCUT2D eigenvalue weighted by atomic mass is 17.2. The predicted molar refractivity (Wildman–Crippen MR) is 58.8 cm³/mol. The molecule has 16 heavy (non-hydrogen) atoms. The maximum absolute atomic E-state index is 10.9. The fourth-order valence-corrected chi connectivity index (χ4v) is 1.83. The smallest absolute Gasteiger partial charge is 0.327 e. The van der Waals surface area contributed by atoms with Crippen LogP contribution in [0.25, 0.3) is 0 Å². The predicted octanol–water partition coefficient (Wildman–Crippen LogP) is 1.36. The van der Waals surface area contributed by atoms with Crippen LogP contribution >= 0.6 is 0 Å². The van der Waals surface area contributed by atoms with E-state index in [-0.39, 0.29) is 12.0 Å². The van der Waals surface area contributed by atoms with Crippen molar-refractivity contribution in [1.29, 1.82) is 0 Å². The average molecular weight is 221 g/mol. The van der Waals surface area contributed by atoms with Crippen LogP contribution < -0.4 is 10.6 Å². The van der Waals surface area contributed by atoms with Gasteiger partial charge in [-0.1, -0.05) is 13.0 Å². The molecule has 86 valence electrons. The van der Waals surface area contributed by atoms with Crippen LogP contribution in [-0.4, -0.2) is 12.0 Å². The van der Waals surface area contributed by atoms with Crippen LogP contribution in [0.4, 0.5) is 0 Å². The van der Waals surface area contributed by atoms with Gasteiger partial charge in [0.05, 0.1) is 0 Å². The second-order valence-electron chi connectivity index (χ2n) is 3.99. The van der Waals surface area contributed by atoms with Gasteiger partial charge in [-0.05, 0) is 36.1 Å². The lowest BCUT2D eigenvalue weighted by Gasteiger charge is -2.05. The van der Waals surface area contributed by atoms with E-state index in [9.17, 15) is 4.79 Å². The molecule has 2 N–H and O–H groups in total. The van der Waals surface area contributed by atoms with Crippen LogP contribution in [-0.2, 0) is 22.5 Å². The highest BCUT2D eigenvalue weighted by molar-refractivity contribution is 5.68. The van der Waals surface area contributed by atoms with Gasteiger partial charge < -0.3 is 5.73 Å². The van der Waals surface area contributed by atoms with Crippen molar-refractivity contribution in [2.24, 2.45) is 5.73 Å².